The summed E-state index contributed by atoms with van der Waals surface area (Å²) in [6, 6.07) is 14.0. The van der Waals surface area contributed by atoms with Gasteiger partial charge in [-0.15, -0.1) is 0 Å². The minimum atomic E-state index is -0.430. The number of nitrogens with one attached hydrogen (secondary N) is 2. The number of methoxy groups -OCH3 is 1. The maximum absolute atomic E-state index is 12.2. The molecular weight excluding hydrogens is 372 g/mol. The first kappa shape index (κ1) is 22.2. The van der Waals surface area contributed by atoms with Crippen molar-refractivity contribution in [2.24, 2.45) is 0 Å². The van der Waals surface area contributed by atoms with Gasteiger partial charge in [0.2, 0.25) is 5.91 Å². The van der Waals surface area contributed by atoms with E-state index in [1.807, 2.05) is 43.3 Å². The predicted molar refractivity (Wildman–Crippen MR) is 113 cm³/mol. The highest BCUT2D eigenvalue weighted by Gasteiger charge is 2.18. The van der Waals surface area contributed by atoms with Crippen molar-refractivity contribution in [1.82, 2.24) is 10.2 Å². The van der Waals surface area contributed by atoms with Crippen molar-refractivity contribution in [3.05, 3.63) is 64.2 Å². The van der Waals surface area contributed by atoms with Crippen LogP contribution in [0.5, 0.6) is 5.75 Å². The molecule has 0 radical (unpaired) electrons. The molecule has 0 bridgehead atoms. The van der Waals surface area contributed by atoms with E-state index in [1.54, 1.807) is 19.2 Å². The van der Waals surface area contributed by atoms with E-state index in [0.717, 1.165) is 17.0 Å². The van der Waals surface area contributed by atoms with E-state index < -0.39 is 4.92 Å². The predicted octanol–water partition coefficient (Wildman–Crippen LogP) is 3.21. The molecule has 1 amide bonds. The van der Waals surface area contributed by atoms with Crippen LogP contribution in [-0.2, 0) is 4.79 Å². The molecule has 2 aromatic rings. The summed E-state index contributed by atoms with van der Waals surface area (Å²) < 4.78 is 5.44. The Kier molecular flexibility index (Phi) is 8.42. The summed E-state index contributed by atoms with van der Waals surface area (Å²) in [5.74, 6) is 0.782. The van der Waals surface area contributed by atoms with Gasteiger partial charge in [0.05, 0.1) is 18.1 Å². The molecule has 0 saturated carbocycles. The number of carbonyl (C=O) groups is 1. The Morgan fingerprint density at radius 3 is 2.48 bits per heavy atom. The number of anilines is 1. The van der Waals surface area contributed by atoms with Gasteiger partial charge in [0.1, 0.15) is 5.75 Å². The third-order valence-electron chi connectivity index (χ3n) is 4.60. The molecule has 0 fully saturated rings. The zero-order chi connectivity index (χ0) is 21.2. The maximum Gasteiger partial charge on any atom is 0.269 e. The van der Waals surface area contributed by atoms with Crippen molar-refractivity contribution < 1.29 is 14.5 Å². The highest BCUT2D eigenvalue weighted by molar-refractivity contribution is 5.76. The number of nitrogens with zero attached hydrogens (tertiary/aromatic N) is 2. The van der Waals surface area contributed by atoms with E-state index in [4.69, 9.17) is 4.74 Å². The summed E-state index contributed by atoms with van der Waals surface area (Å²) in [5.41, 5.74) is 1.88. The fourth-order valence-corrected chi connectivity index (χ4v) is 2.99. The molecule has 0 heterocycles. The average molecular weight is 400 g/mol. The van der Waals surface area contributed by atoms with Crippen LogP contribution in [0.25, 0.3) is 0 Å². The summed E-state index contributed by atoms with van der Waals surface area (Å²) in [5, 5.41) is 16.8. The van der Waals surface area contributed by atoms with Crippen molar-refractivity contribution in [2.75, 3.05) is 39.6 Å². The van der Waals surface area contributed by atoms with Crippen LogP contribution in [0.1, 0.15) is 24.4 Å². The molecule has 156 valence electrons. The van der Waals surface area contributed by atoms with E-state index in [9.17, 15) is 14.9 Å². The van der Waals surface area contributed by atoms with Crippen LogP contribution in [-0.4, -0.2) is 50.0 Å². The van der Waals surface area contributed by atoms with Crippen molar-refractivity contribution in [3.63, 3.8) is 0 Å². The Hall–Kier alpha value is -3.13. The molecule has 0 aliphatic carbocycles. The lowest BCUT2D eigenvalue weighted by Gasteiger charge is -2.26. The van der Waals surface area contributed by atoms with Gasteiger partial charge in [-0.3, -0.25) is 14.9 Å². The highest BCUT2D eigenvalue weighted by atomic mass is 16.6. The molecule has 1 unspecified atom stereocenters. The first-order valence-electron chi connectivity index (χ1n) is 9.46. The third-order valence-corrected chi connectivity index (χ3v) is 4.60. The average Bonchev–Trinajstić information content (AvgIpc) is 2.71. The fraction of sp³-hybridized carbons (Fsp3) is 0.381. The number of rotatable bonds is 11. The minimum absolute atomic E-state index is 0.00772. The van der Waals surface area contributed by atoms with Crippen LogP contribution in [0, 0.1) is 10.1 Å². The third kappa shape index (κ3) is 6.76. The topological polar surface area (TPSA) is 96.7 Å². The van der Waals surface area contributed by atoms with Gasteiger partial charge in [0.25, 0.3) is 5.69 Å². The number of hydrogen-bond acceptors (Lipinski definition) is 6. The molecule has 2 N–H and O–H groups in total. The van der Waals surface area contributed by atoms with Gasteiger partial charge >= 0.3 is 0 Å². The number of nitro benzene ring substituents is 1. The number of benzene rings is 2. The summed E-state index contributed by atoms with van der Waals surface area (Å²) in [7, 11) is 5.58. The van der Waals surface area contributed by atoms with Crippen LogP contribution in [0.15, 0.2) is 48.5 Å². The summed E-state index contributed by atoms with van der Waals surface area (Å²) >= 11 is 0. The Balaban J connectivity index is 1.77. The van der Waals surface area contributed by atoms with Crippen molar-refractivity contribution in [2.45, 2.75) is 18.9 Å². The Bertz CT molecular complexity index is 809. The first-order chi connectivity index (χ1) is 13.9. The Morgan fingerprint density at radius 2 is 1.86 bits per heavy atom. The SMILES string of the molecule is COc1ccccc1C(CNC(=O)CCCNc1ccc([N+](=O)[O-])cc1)N(C)C. The lowest BCUT2D eigenvalue weighted by Crippen LogP contribution is -2.34. The van der Waals surface area contributed by atoms with Crippen molar-refractivity contribution in [3.8, 4) is 5.75 Å². The standard InChI is InChI=1S/C21H28N4O4/c1-24(2)19(18-7-4-5-8-20(18)29-3)15-23-21(26)9-6-14-22-16-10-12-17(13-11-16)25(27)28/h4-5,7-8,10-13,19,22H,6,9,14-15H2,1-3H3,(H,23,26). The lowest BCUT2D eigenvalue weighted by molar-refractivity contribution is -0.384. The molecule has 0 saturated heterocycles. The van der Waals surface area contributed by atoms with Crippen molar-refractivity contribution in [1.29, 1.82) is 0 Å². The lowest BCUT2D eigenvalue weighted by atomic mass is 10.0. The van der Waals surface area contributed by atoms with Gasteiger partial charge in [0, 0.05) is 42.9 Å². The molecule has 2 rings (SSSR count). The second-order valence-corrected chi connectivity index (χ2v) is 6.86. The number of carbonyl (C=O) groups excluding carboxylic acids is 1. The molecule has 0 aliphatic heterocycles. The molecule has 1 atom stereocenters. The van der Waals surface area contributed by atoms with Crippen LogP contribution >= 0.6 is 0 Å². The number of ether oxygens (including phenoxy) is 1. The van der Waals surface area contributed by atoms with Gasteiger partial charge < -0.3 is 20.3 Å². The molecule has 8 heteroatoms. The van der Waals surface area contributed by atoms with Gasteiger partial charge in [-0.1, -0.05) is 18.2 Å². The van der Waals surface area contributed by atoms with Crippen LogP contribution in [0.3, 0.4) is 0 Å². The second kappa shape index (κ2) is 11.0. The zero-order valence-electron chi connectivity index (χ0n) is 17.1. The summed E-state index contributed by atoms with van der Waals surface area (Å²) in [4.78, 5) is 24.5. The van der Waals surface area contributed by atoms with E-state index in [2.05, 4.69) is 10.6 Å². The van der Waals surface area contributed by atoms with Gasteiger partial charge in [-0.25, -0.2) is 0 Å². The smallest absolute Gasteiger partial charge is 0.269 e. The molecule has 0 aliphatic rings. The molecule has 0 aromatic heterocycles. The largest absolute Gasteiger partial charge is 0.496 e. The van der Waals surface area contributed by atoms with Gasteiger partial charge in [-0.05, 0) is 38.7 Å². The van der Waals surface area contributed by atoms with E-state index >= 15 is 0 Å². The van der Waals surface area contributed by atoms with Crippen LogP contribution < -0.4 is 15.4 Å². The number of para-hydroxylation sites is 1. The molecule has 0 spiro atoms. The quantitative estimate of drug-likeness (QED) is 0.342. The van der Waals surface area contributed by atoms with E-state index in [-0.39, 0.29) is 17.6 Å². The van der Waals surface area contributed by atoms with E-state index in [1.165, 1.54) is 12.1 Å². The Labute approximate surface area is 171 Å². The number of likely N-dealkylation sites (N-methyl/N-ethyl adjacent to an activating group) is 1. The number of amides is 1. The molecule has 2 aromatic carbocycles. The fourth-order valence-electron chi connectivity index (χ4n) is 2.99. The second-order valence-electron chi connectivity index (χ2n) is 6.86. The molecule has 29 heavy (non-hydrogen) atoms. The monoisotopic (exact) mass is 400 g/mol. The first-order valence-corrected chi connectivity index (χ1v) is 9.46. The highest BCUT2D eigenvalue weighted by Crippen LogP contribution is 2.27. The van der Waals surface area contributed by atoms with Crippen LogP contribution in [0.2, 0.25) is 0 Å². The maximum atomic E-state index is 12.2. The Morgan fingerprint density at radius 1 is 1.17 bits per heavy atom. The van der Waals surface area contributed by atoms with Gasteiger partial charge in [0.15, 0.2) is 0 Å². The minimum Gasteiger partial charge on any atom is -0.496 e. The number of nitro groups is 1. The van der Waals surface area contributed by atoms with Crippen LogP contribution in [0.4, 0.5) is 11.4 Å². The van der Waals surface area contributed by atoms with Crippen molar-refractivity contribution >= 4 is 17.3 Å². The summed E-state index contributed by atoms with van der Waals surface area (Å²) in [6.45, 7) is 1.09. The molecular formula is C21H28N4O4. The normalized spacial score (nSPS) is 11.7. The zero-order valence-corrected chi connectivity index (χ0v) is 17.1. The van der Waals surface area contributed by atoms with E-state index in [0.29, 0.717) is 25.9 Å². The molecule has 8 nitrogen and oxygen atoms in total. The summed E-state index contributed by atoms with van der Waals surface area (Å²) in [6.07, 6.45) is 1.05. The number of non-ortho nitro benzene ring substituents is 1. The number of hydrogen-bond donors (Lipinski definition) is 2. The van der Waals surface area contributed by atoms with Gasteiger partial charge in [-0.2, -0.15) is 0 Å².